The van der Waals surface area contributed by atoms with E-state index in [2.05, 4.69) is 9.69 Å². The molecule has 0 amide bonds. The molecule has 1 atom stereocenters. The Morgan fingerprint density at radius 1 is 1.45 bits per heavy atom. The van der Waals surface area contributed by atoms with Gasteiger partial charge in [0.1, 0.15) is 23.8 Å². The third-order valence-corrected chi connectivity index (χ3v) is 4.22. The van der Waals surface area contributed by atoms with Gasteiger partial charge in [0.25, 0.3) is 0 Å². The third-order valence-electron chi connectivity index (χ3n) is 3.26. The Hall–Kier alpha value is -2.28. The summed E-state index contributed by atoms with van der Waals surface area (Å²) in [6.07, 6.45) is -0.316. The van der Waals surface area contributed by atoms with Crippen molar-refractivity contribution in [2.45, 2.75) is 13.0 Å². The maximum absolute atomic E-state index is 12.2. The largest absolute Gasteiger partial charge is 0.486 e. The number of nitrogens with zero attached hydrogens (tertiary/aromatic N) is 1. The van der Waals surface area contributed by atoms with Gasteiger partial charge in [-0.2, -0.15) is 4.37 Å². The predicted molar refractivity (Wildman–Crippen MR) is 83.0 cm³/mol. The van der Waals surface area contributed by atoms with Crippen molar-refractivity contribution in [2.24, 2.45) is 0 Å². The van der Waals surface area contributed by atoms with E-state index in [-0.39, 0.29) is 12.7 Å². The zero-order valence-electron chi connectivity index (χ0n) is 12.3. The van der Waals surface area contributed by atoms with Gasteiger partial charge in [-0.05, 0) is 30.6 Å². The maximum atomic E-state index is 12.2. The standard InChI is InChI=1S/C15H16N2O4S/c1-9-13(14(16-2)22-17-9)15(18)20-8-10-7-19-11-5-3-4-6-12(11)21-10/h3-6,10,16H,7-8H2,1-2H3/t10-/m0/s1. The van der Waals surface area contributed by atoms with E-state index in [4.69, 9.17) is 14.2 Å². The first-order valence-corrected chi connectivity index (χ1v) is 7.66. The molecule has 0 radical (unpaired) electrons. The number of hydrogen-bond donors (Lipinski definition) is 1. The molecule has 6 nitrogen and oxygen atoms in total. The Morgan fingerprint density at radius 2 is 2.23 bits per heavy atom. The summed E-state index contributed by atoms with van der Waals surface area (Å²) in [6.45, 7) is 2.26. The molecule has 0 fully saturated rings. The van der Waals surface area contributed by atoms with Gasteiger partial charge < -0.3 is 19.5 Å². The molecule has 0 unspecified atom stereocenters. The fourth-order valence-corrected chi connectivity index (χ4v) is 2.90. The van der Waals surface area contributed by atoms with E-state index in [1.165, 1.54) is 11.5 Å². The van der Waals surface area contributed by atoms with Crippen LogP contribution in [0.2, 0.25) is 0 Å². The zero-order chi connectivity index (χ0) is 15.5. The number of hydrogen-bond acceptors (Lipinski definition) is 7. The van der Waals surface area contributed by atoms with Gasteiger partial charge in [-0.25, -0.2) is 4.79 Å². The lowest BCUT2D eigenvalue weighted by atomic mass is 10.2. The molecule has 2 aromatic rings. The number of nitrogens with one attached hydrogen (secondary N) is 1. The van der Waals surface area contributed by atoms with Gasteiger partial charge in [0.15, 0.2) is 17.6 Å². The molecule has 3 rings (SSSR count). The Labute approximate surface area is 132 Å². The quantitative estimate of drug-likeness (QED) is 0.873. The number of carbonyl (C=O) groups is 1. The number of aryl methyl sites for hydroxylation is 1. The number of para-hydroxylation sites is 2. The van der Waals surface area contributed by atoms with E-state index in [0.717, 1.165) is 0 Å². The zero-order valence-corrected chi connectivity index (χ0v) is 13.1. The Balaban J connectivity index is 1.62. The SMILES string of the molecule is CNc1snc(C)c1C(=O)OC[C@@H]1COc2ccccc2O1. The van der Waals surface area contributed by atoms with Gasteiger partial charge in [0.2, 0.25) is 0 Å². The monoisotopic (exact) mass is 320 g/mol. The summed E-state index contributed by atoms with van der Waals surface area (Å²) in [5.41, 5.74) is 1.13. The molecule has 1 aliphatic heterocycles. The molecule has 7 heteroatoms. The van der Waals surface area contributed by atoms with Crippen LogP contribution in [0, 0.1) is 6.92 Å². The molecule has 0 saturated carbocycles. The summed E-state index contributed by atoms with van der Waals surface area (Å²) in [6, 6.07) is 7.43. The Kier molecular flexibility index (Phi) is 4.15. The van der Waals surface area contributed by atoms with Gasteiger partial charge in [-0.1, -0.05) is 12.1 Å². The van der Waals surface area contributed by atoms with E-state index in [1.807, 2.05) is 24.3 Å². The second-order valence-corrected chi connectivity index (χ2v) is 5.59. The van der Waals surface area contributed by atoms with Crippen LogP contribution in [0.15, 0.2) is 24.3 Å². The molecule has 0 bridgehead atoms. The molecule has 0 saturated heterocycles. The second-order valence-electron chi connectivity index (χ2n) is 4.82. The van der Waals surface area contributed by atoms with Crippen LogP contribution < -0.4 is 14.8 Å². The van der Waals surface area contributed by atoms with Gasteiger partial charge in [0, 0.05) is 7.05 Å². The highest BCUT2D eigenvalue weighted by molar-refractivity contribution is 7.10. The smallest absolute Gasteiger partial charge is 0.343 e. The van der Waals surface area contributed by atoms with Crippen molar-refractivity contribution in [3.8, 4) is 11.5 Å². The van der Waals surface area contributed by atoms with Crippen LogP contribution >= 0.6 is 11.5 Å². The molecule has 0 spiro atoms. The first-order chi connectivity index (χ1) is 10.7. The first kappa shape index (κ1) is 14.6. The third kappa shape index (κ3) is 2.85. The van der Waals surface area contributed by atoms with Crippen LogP contribution in [-0.4, -0.2) is 36.7 Å². The minimum atomic E-state index is -0.405. The summed E-state index contributed by atoms with van der Waals surface area (Å²) < 4.78 is 20.8. The fraction of sp³-hybridized carbons (Fsp3) is 0.333. The van der Waals surface area contributed by atoms with Crippen molar-refractivity contribution in [1.82, 2.24) is 4.37 Å². The lowest BCUT2D eigenvalue weighted by molar-refractivity contribution is 0.0110. The summed E-state index contributed by atoms with van der Waals surface area (Å²) in [5, 5.41) is 3.65. The number of aromatic nitrogens is 1. The average molecular weight is 320 g/mol. The number of rotatable bonds is 4. The number of esters is 1. The molecule has 0 aliphatic carbocycles. The molecule has 1 aromatic carbocycles. The topological polar surface area (TPSA) is 69.7 Å². The van der Waals surface area contributed by atoms with E-state index < -0.39 is 5.97 Å². The summed E-state index contributed by atoms with van der Waals surface area (Å²) in [5.74, 6) is 0.970. The Morgan fingerprint density at radius 3 is 3.00 bits per heavy atom. The number of carbonyl (C=O) groups excluding carboxylic acids is 1. The normalized spacial score (nSPS) is 16.2. The van der Waals surface area contributed by atoms with E-state index in [0.29, 0.717) is 34.4 Å². The highest BCUT2D eigenvalue weighted by Crippen LogP contribution is 2.31. The first-order valence-electron chi connectivity index (χ1n) is 6.88. The van der Waals surface area contributed by atoms with Crippen LogP contribution in [0.5, 0.6) is 11.5 Å². The van der Waals surface area contributed by atoms with Crippen molar-refractivity contribution >= 4 is 22.5 Å². The highest BCUT2D eigenvalue weighted by Gasteiger charge is 2.24. The number of benzene rings is 1. The van der Waals surface area contributed by atoms with Gasteiger partial charge >= 0.3 is 5.97 Å². The number of fused-ring (bicyclic) bond motifs is 1. The second kappa shape index (κ2) is 6.23. The number of ether oxygens (including phenoxy) is 3. The summed E-state index contributed by atoms with van der Waals surface area (Å²) in [4.78, 5) is 12.2. The molecule has 1 N–H and O–H groups in total. The Bertz CT molecular complexity index is 686. The van der Waals surface area contributed by atoms with Crippen LogP contribution in [0.4, 0.5) is 5.00 Å². The maximum Gasteiger partial charge on any atom is 0.343 e. The minimum absolute atomic E-state index is 0.131. The average Bonchev–Trinajstić information content (AvgIpc) is 2.93. The van der Waals surface area contributed by atoms with Crippen molar-refractivity contribution in [3.05, 3.63) is 35.5 Å². The van der Waals surface area contributed by atoms with Crippen LogP contribution in [0.1, 0.15) is 16.1 Å². The van der Waals surface area contributed by atoms with Gasteiger partial charge in [-0.3, -0.25) is 0 Å². The van der Waals surface area contributed by atoms with Gasteiger partial charge in [0.05, 0.1) is 5.69 Å². The molecule has 116 valence electrons. The van der Waals surface area contributed by atoms with Crippen LogP contribution in [0.3, 0.4) is 0 Å². The van der Waals surface area contributed by atoms with E-state index in [1.54, 1.807) is 14.0 Å². The lowest BCUT2D eigenvalue weighted by Crippen LogP contribution is -2.34. The molecule has 1 aliphatic rings. The van der Waals surface area contributed by atoms with Crippen LogP contribution in [0.25, 0.3) is 0 Å². The van der Waals surface area contributed by atoms with Crippen LogP contribution in [-0.2, 0) is 4.74 Å². The van der Waals surface area contributed by atoms with Gasteiger partial charge in [-0.15, -0.1) is 0 Å². The fourth-order valence-electron chi connectivity index (χ4n) is 2.17. The van der Waals surface area contributed by atoms with Crippen molar-refractivity contribution in [1.29, 1.82) is 0 Å². The molecule has 2 heterocycles. The highest BCUT2D eigenvalue weighted by atomic mass is 32.1. The molecular weight excluding hydrogens is 304 g/mol. The minimum Gasteiger partial charge on any atom is -0.486 e. The predicted octanol–water partition coefficient (Wildman–Crippen LogP) is 2.49. The van der Waals surface area contributed by atoms with E-state index in [9.17, 15) is 4.79 Å². The lowest BCUT2D eigenvalue weighted by Gasteiger charge is -2.26. The summed E-state index contributed by atoms with van der Waals surface area (Å²) >= 11 is 1.24. The van der Waals surface area contributed by atoms with Crippen molar-refractivity contribution < 1.29 is 19.0 Å². The van der Waals surface area contributed by atoms with Crippen molar-refractivity contribution in [3.63, 3.8) is 0 Å². The molecule has 1 aromatic heterocycles. The van der Waals surface area contributed by atoms with E-state index >= 15 is 0 Å². The van der Waals surface area contributed by atoms with Crippen molar-refractivity contribution in [2.75, 3.05) is 25.6 Å². The molecule has 22 heavy (non-hydrogen) atoms. The molecular formula is C15H16N2O4S. The number of anilines is 1. The summed E-state index contributed by atoms with van der Waals surface area (Å²) in [7, 11) is 1.75.